The molecule has 4 heteroatoms. The molecule has 15 heavy (non-hydrogen) atoms. The fraction of sp³-hybridized carbons (Fsp3) is 0.182. The molecule has 0 aliphatic rings. The van der Waals surface area contributed by atoms with Crippen LogP contribution in [0.5, 0.6) is 0 Å². The lowest BCUT2D eigenvalue weighted by Crippen LogP contribution is -2.11. The van der Waals surface area contributed by atoms with Crippen LogP contribution in [0.1, 0.15) is 5.56 Å². The van der Waals surface area contributed by atoms with Crippen molar-refractivity contribution in [2.75, 3.05) is 16.9 Å². The molecule has 0 saturated heterocycles. The van der Waals surface area contributed by atoms with Crippen LogP contribution in [-0.4, -0.2) is 17.6 Å². The first-order valence-electron chi connectivity index (χ1n) is 4.26. The maximum absolute atomic E-state index is 11.0. The minimum absolute atomic E-state index is 0.487. The fourth-order valence-corrected chi connectivity index (χ4v) is 1.18. The third-order valence-electron chi connectivity index (χ3n) is 1.64. The van der Waals surface area contributed by atoms with Crippen molar-refractivity contribution in [1.29, 1.82) is 0 Å². The number of hydrogen-bond acceptors (Lipinski definition) is 2. The highest BCUT2D eigenvalue weighted by atomic mass is 127. The summed E-state index contributed by atoms with van der Waals surface area (Å²) in [5.74, 6) is 5.91. The first-order chi connectivity index (χ1) is 7.27. The second-order valence-electron chi connectivity index (χ2n) is 2.60. The highest BCUT2D eigenvalue weighted by molar-refractivity contribution is 14.1. The van der Waals surface area contributed by atoms with Crippen molar-refractivity contribution in [2.45, 2.75) is 0 Å². The lowest BCUT2D eigenvalue weighted by molar-refractivity contribution is 0.187. The van der Waals surface area contributed by atoms with Gasteiger partial charge in [-0.2, -0.15) is 0 Å². The van der Waals surface area contributed by atoms with E-state index < -0.39 is 6.09 Å². The van der Waals surface area contributed by atoms with Crippen molar-refractivity contribution in [3.8, 4) is 11.8 Å². The van der Waals surface area contributed by atoms with E-state index in [9.17, 15) is 4.79 Å². The van der Waals surface area contributed by atoms with Gasteiger partial charge in [0.15, 0.2) is 0 Å². The van der Waals surface area contributed by atoms with Crippen LogP contribution in [0.3, 0.4) is 0 Å². The maximum Gasteiger partial charge on any atom is 0.411 e. The van der Waals surface area contributed by atoms with E-state index in [1.807, 2.05) is 18.2 Å². The van der Waals surface area contributed by atoms with Crippen LogP contribution in [0.4, 0.5) is 10.5 Å². The molecule has 1 amide bonds. The van der Waals surface area contributed by atoms with Gasteiger partial charge in [0.25, 0.3) is 0 Å². The average molecular weight is 315 g/mol. The van der Waals surface area contributed by atoms with Gasteiger partial charge in [-0.3, -0.25) is 5.32 Å². The van der Waals surface area contributed by atoms with E-state index in [2.05, 4.69) is 44.5 Å². The van der Waals surface area contributed by atoms with E-state index in [1.54, 1.807) is 6.07 Å². The molecule has 0 radical (unpaired) electrons. The molecule has 0 aromatic heterocycles. The summed E-state index contributed by atoms with van der Waals surface area (Å²) >= 11 is 2.17. The summed E-state index contributed by atoms with van der Waals surface area (Å²) in [7, 11) is 1.33. The third kappa shape index (κ3) is 3.80. The van der Waals surface area contributed by atoms with Crippen molar-refractivity contribution >= 4 is 34.4 Å². The van der Waals surface area contributed by atoms with Gasteiger partial charge in [-0.1, -0.05) is 46.6 Å². The molecule has 0 atom stereocenters. The number of amides is 1. The summed E-state index contributed by atoms with van der Waals surface area (Å²) in [4.78, 5) is 11.0. The van der Waals surface area contributed by atoms with Crippen LogP contribution in [0, 0.1) is 11.8 Å². The van der Waals surface area contributed by atoms with Crippen LogP contribution in [0.2, 0.25) is 0 Å². The molecule has 1 N–H and O–H groups in total. The number of carbonyl (C=O) groups excluding carboxylic acids is 1. The Hall–Kier alpha value is -1.22. The summed E-state index contributed by atoms with van der Waals surface area (Å²) in [6.07, 6.45) is -0.487. The number of para-hydroxylation sites is 1. The van der Waals surface area contributed by atoms with Crippen molar-refractivity contribution < 1.29 is 9.53 Å². The molecule has 0 heterocycles. The van der Waals surface area contributed by atoms with Crippen molar-refractivity contribution in [2.24, 2.45) is 0 Å². The lowest BCUT2D eigenvalue weighted by atomic mass is 10.2. The van der Waals surface area contributed by atoms with Crippen LogP contribution >= 0.6 is 22.6 Å². The van der Waals surface area contributed by atoms with Gasteiger partial charge in [0.05, 0.1) is 17.2 Å². The van der Waals surface area contributed by atoms with E-state index in [-0.39, 0.29) is 0 Å². The number of benzene rings is 1. The van der Waals surface area contributed by atoms with Gasteiger partial charge in [-0.25, -0.2) is 4.79 Å². The largest absolute Gasteiger partial charge is 0.453 e. The molecule has 1 rings (SSSR count). The zero-order valence-electron chi connectivity index (χ0n) is 8.21. The molecule has 78 valence electrons. The Morgan fingerprint density at radius 1 is 1.53 bits per heavy atom. The quantitative estimate of drug-likeness (QED) is 0.491. The Labute approximate surface area is 102 Å². The molecule has 0 saturated carbocycles. The summed E-state index contributed by atoms with van der Waals surface area (Å²) in [6.45, 7) is 0. The van der Waals surface area contributed by atoms with Crippen LogP contribution < -0.4 is 5.32 Å². The predicted molar refractivity (Wildman–Crippen MR) is 68.2 cm³/mol. The molecule has 0 spiro atoms. The van der Waals surface area contributed by atoms with Gasteiger partial charge in [-0.15, -0.1) is 0 Å². The Balaban J connectivity index is 2.91. The number of halogens is 1. The van der Waals surface area contributed by atoms with Crippen molar-refractivity contribution in [3.63, 3.8) is 0 Å². The topological polar surface area (TPSA) is 38.3 Å². The summed E-state index contributed by atoms with van der Waals surface area (Å²) < 4.78 is 5.27. The molecule has 0 fully saturated rings. The van der Waals surface area contributed by atoms with Crippen LogP contribution in [0.25, 0.3) is 0 Å². The standard InChI is InChI=1S/C11H10INO2/c1-15-11(14)13-10-7-3-2-5-9(10)6-4-8-12/h2-3,5,7H,8H2,1H3,(H,13,14). The second-order valence-corrected chi connectivity index (χ2v) is 3.36. The van der Waals surface area contributed by atoms with Gasteiger partial charge in [-0.05, 0) is 12.1 Å². The Morgan fingerprint density at radius 2 is 2.27 bits per heavy atom. The smallest absolute Gasteiger partial charge is 0.411 e. The van der Waals surface area contributed by atoms with Gasteiger partial charge in [0.2, 0.25) is 0 Å². The highest BCUT2D eigenvalue weighted by Gasteiger charge is 2.03. The normalized spacial score (nSPS) is 8.67. The molecular formula is C11H10INO2. The van der Waals surface area contributed by atoms with Gasteiger partial charge < -0.3 is 4.74 Å². The van der Waals surface area contributed by atoms with Crippen LogP contribution in [0.15, 0.2) is 24.3 Å². The maximum atomic E-state index is 11.0. The summed E-state index contributed by atoms with van der Waals surface area (Å²) in [5.41, 5.74) is 1.46. The number of anilines is 1. The van der Waals surface area contributed by atoms with Crippen molar-refractivity contribution in [1.82, 2.24) is 0 Å². The zero-order chi connectivity index (χ0) is 11.1. The predicted octanol–water partition coefficient (Wildman–Crippen LogP) is 2.65. The Bertz CT molecular complexity index is 407. The number of hydrogen-bond donors (Lipinski definition) is 1. The molecule has 0 aliphatic carbocycles. The SMILES string of the molecule is COC(=O)Nc1ccccc1C#CCI. The number of carbonyl (C=O) groups is 1. The Morgan fingerprint density at radius 3 is 2.93 bits per heavy atom. The molecule has 0 aliphatic heterocycles. The third-order valence-corrected chi connectivity index (χ3v) is 2.02. The molecule has 1 aromatic carbocycles. The van der Waals surface area contributed by atoms with E-state index in [0.717, 1.165) is 9.99 Å². The van der Waals surface area contributed by atoms with E-state index in [0.29, 0.717) is 5.69 Å². The molecule has 1 aromatic rings. The number of rotatable bonds is 1. The number of methoxy groups -OCH3 is 1. The van der Waals surface area contributed by atoms with E-state index in [4.69, 9.17) is 0 Å². The fourth-order valence-electron chi connectivity index (χ4n) is 0.991. The molecule has 0 unspecified atom stereocenters. The highest BCUT2D eigenvalue weighted by Crippen LogP contribution is 2.13. The van der Waals surface area contributed by atoms with E-state index in [1.165, 1.54) is 7.11 Å². The lowest BCUT2D eigenvalue weighted by Gasteiger charge is -2.05. The van der Waals surface area contributed by atoms with Gasteiger partial charge in [0, 0.05) is 5.56 Å². The minimum Gasteiger partial charge on any atom is -0.453 e. The zero-order valence-corrected chi connectivity index (χ0v) is 10.4. The summed E-state index contributed by atoms with van der Waals surface area (Å²) in [6, 6.07) is 7.35. The average Bonchev–Trinajstić information content (AvgIpc) is 2.28. The van der Waals surface area contributed by atoms with Gasteiger partial charge >= 0.3 is 6.09 Å². The van der Waals surface area contributed by atoms with Crippen LogP contribution in [-0.2, 0) is 4.74 Å². The number of alkyl halides is 1. The summed E-state index contributed by atoms with van der Waals surface area (Å²) in [5, 5.41) is 2.60. The molecular weight excluding hydrogens is 305 g/mol. The second kappa shape index (κ2) is 6.30. The number of ether oxygens (including phenoxy) is 1. The minimum atomic E-state index is -0.487. The molecule has 3 nitrogen and oxygen atoms in total. The number of nitrogens with one attached hydrogen (secondary N) is 1. The van der Waals surface area contributed by atoms with Gasteiger partial charge in [0.1, 0.15) is 0 Å². The first-order valence-corrected chi connectivity index (χ1v) is 5.79. The molecule has 0 bridgehead atoms. The van der Waals surface area contributed by atoms with Crippen molar-refractivity contribution in [3.05, 3.63) is 29.8 Å². The Kier molecular flexibility index (Phi) is 4.98. The first kappa shape index (κ1) is 11.9. The monoisotopic (exact) mass is 315 g/mol. The van der Waals surface area contributed by atoms with E-state index >= 15 is 0 Å².